The lowest BCUT2D eigenvalue weighted by Crippen LogP contribution is -2.18. The Morgan fingerprint density at radius 1 is 1.30 bits per heavy atom. The van der Waals surface area contributed by atoms with Crippen molar-refractivity contribution in [2.45, 2.75) is 18.7 Å². The van der Waals surface area contributed by atoms with Gasteiger partial charge in [0.25, 0.3) is 0 Å². The smallest absolute Gasteiger partial charge is 0.411 e. The first-order valence-electron chi connectivity index (χ1n) is 5.87. The molecule has 1 unspecified atom stereocenters. The second-order valence-corrected chi connectivity index (χ2v) is 4.28. The SMILES string of the molecule is OC(CCOCC(F)(F)F)c1cc2cccc(F)c2o1. The minimum Gasteiger partial charge on any atom is -0.455 e. The molecule has 0 radical (unpaired) electrons. The summed E-state index contributed by atoms with van der Waals surface area (Å²) >= 11 is 0. The summed E-state index contributed by atoms with van der Waals surface area (Å²) in [5, 5.41) is 10.2. The fourth-order valence-corrected chi connectivity index (χ4v) is 1.74. The molecule has 0 aliphatic heterocycles. The van der Waals surface area contributed by atoms with Crippen LogP contribution in [0.15, 0.2) is 28.7 Å². The van der Waals surface area contributed by atoms with Gasteiger partial charge in [-0.25, -0.2) is 4.39 Å². The Kier molecular flexibility index (Phi) is 4.29. The normalized spacial score (nSPS) is 13.8. The van der Waals surface area contributed by atoms with Crippen LogP contribution in [0.4, 0.5) is 17.6 Å². The summed E-state index contributed by atoms with van der Waals surface area (Å²) in [7, 11) is 0. The Hall–Kier alpha value is -1.60. The maximum Gasteiger partial charge on any atom is 0.411 e. The molecule has 0 aliphatic carbocycles. The van der Waals surface area contributed by atoms with E-state index in [4.69, 9.17) is 4.42 Å². The first-order valence-corrected chi connectivity index (χ1v) is 5.87. The molecule has 20 heavy (non-hydrogen) atoms. The van der Waals surface area contributed by atoms with E-state index < -0.39 is 24.7 Å². The first-order chi connectivity index (χ1) is 9.37. The van der Waals surface area contributed by atoms with Crippen LogP contribution in [-0.4, -0.2) is 24.5 Å². The van der Waals surface area contributed by atoms with Gasteiger partial charge in [0.2, 0.25) is 0 Å². The number of hydrogen-bond acceptors (Lipinski definition) is 3. The summed E-state index contributed by atoms with van der Waals surface area (Å²) in [5.41, 5.74) is 0.0118. The number of ether oxygens (including phenoxy) is 1. The van der Waals surface area contributed by atoms with E-state index in [2.05, 4.69) is 4.74 Å². The summed E-state index contributed by atoms with van der Waals surface area (Å²) < 4.78 is 58.4. The third kappa shape index (κ3) is 3.71. The molecule has 0 amide bonds. The Morgan fingerprint density at radius 2 is 2.05 bits per heavy atom. The minimum atomic E-state index is -4.40. The van der Waals surface area contributed by atoms with Crippen LogP contribution < -0.4 is 0 Å². The number of benzene rings is 1. The van der Waals surface area contributed by atoms with E-state index in [0.717, 1.165) is 0 Å². The number of furan rings is 1. The molecular weight excluding hydrogens is 280 g/mol. The van der Waals surface area contributed by atoms with Crippen molar-refractivity contribution in [2.24, 2.45) is 0 Å². The van der Waals surface area contributed by atoms with Gasteiger partial charge in [-0.3, -0.25) is 0 Å². The molecule has 3 nitrogen and oxygen atoms in total. The lowest BCUT2D eigenvalue weighted by atomic mass is 10.2. The first kappa shape index (κ1) is 14.8. The molecule has 1 heterocycles. The molecule has 1 aromatic carbocycles. The van der Waals surface area contributed by atoms with Crippen molar-refractivity contribution in [2.75, 3.05) is 13.2 Å². The molecule has 0 saturated heterocycles. The van der Waals surface area contributed by atoms with Crippen LogP contribution in [0.25, 0.3) is 11.0 Å². The zero-order valence-corrected chi connectivity index (χ0v) is 10.3. The number of fused-ring (bicyclic) bond motifs is 1. The Balaban J connectivity index is 1.94. The average Bonchev–Trinajstić information content (AvgIpc) is 2.79. The van der Waals surface area contributed by atoms with Crippen molar-refractivity contribution in [3.63, 3.8) is 0 Å². The highest BCUT2D eigenvalue weighted by atomic mass is 19.4. The van der Waals surface area contributed by atoms with E-state index in [1.165, 1.54) is 18.2 Å². The number of rotatable bonds is 5. The molecule has 2 rings (SSSR count). The Bertz CT molecular complexity index is 576. The third-order valence-electron chi connectivity index (χ3n) is 2.64. The highest BCUT2D eigenvalue weighted by molar-refractivity contribution is 5.78. The fraction of sp³-hybridized carbons (Fsp3) is 0.385. The topological polar surface area (TPSA) is 42.6 Å². The van der Waals surface area contributed by atoms with Crippen molar-refractivity contribution in [3.05, 3.63) is 35.8 Å². The van der Waals surface area contributed by atoms with E-state index in [0.29, 0.717) is 5.39 Å². The number of para-hydroxylation sites is 1. The van der Waals surface area contributed by atoms with Crippen LogP contribution in [0.5, 0.6) is 0 Å². The molecule has 110 valence electrons. The van der Waals surface area contributed by atoms with Crippen molar-refractivity contribution >= 4 is 11.0 Å². The Labute approximate surface area is 111 Å². The van der Waals surface area contributed by atoms with Gasteiger partial charge >= 0.3 is 6.18 Å². The molecule has 1 N–H and O–H groups in total. The van der Waals surface area contributed by atoms with Crippen molar-refractivity contribution in [1.29, 1.82) is 0 Å². The molecule has 2 aromatic rings. The number of halogens is 4. The number of aliphatic hydroxyl groups is 1. The van der Waals surface area contributed by atoms with Crippen molar-refractivity contribution < 1.29 is 31.8 Å². The average molecular weight is 292 g/mol. The summed E-state index contributed by atoms with van der Waals surface area (Å²) in [5.74, 6) is -0.463. The molecule has 0 spiro atoms. The largest absolute Gasteiger partial charge is 0.455 e. The van der Waals surface area contributed by atoms with Crippen molar-refractivity contribution in [3.8, 4) is 0 Å². The molecule has 7 heteroatoms. The van der Waals surface area contributed by atoms with Crippen LogP contribution in [-0.2, 0) is 4.74 Å². The fourth-order valence-electron chi connectivity index (χ4n) is 1.74. The summed E-state index contributed by atoms with van der Waals surface area (Å²) in [6, 6.07) is 5.77. The maximum atomic E-state index is 13.4. The molecule has 0 aliphatic rings. The van der Waals surface area contributed by atoms with Gasteiger partial charge in [-0.15, -0.1) is 0 Å². The van der Waals surface area contributed by atoms with Gasteiger partial charge in [0.05, 0.1) is 0 Å². The van der Waals surface area contributed by atoms with E-state index in [1.807, 2.05) is 0 Å². The highest BCUT2D eigenvalue weighted by Crippen LogP contribution is 2.27. The minimum absolute atomic E-state index is 0.0118. The standard InChI is InChI=1S/C13H12F4O3/c14-9-3-1-2-8-6-11(20-12(8)9)10(18)4-5-19-7-13(15,16)17/h1-3,6,10,18H,4-5,7H2. The predicted octanol–water partition coefficient (Wildman–Crippen LogP) is 3.57. The molecular formula is C13H12F4O3. The van der Waals surface area contributed by atoms with Gasteiger partial charge in [-0.05, 0) is 12.1 Å². The Morgan fingerprint density at radius 3 is 2.70 bits per heavy atom. The van der Waals surface area contributed by atoms with E-state index in [9.17, 15) is 22.7 Å². The molecule has 1 atom stereocenters. The maximum absolute atomic E-state index is 13.4. The summed E-state index contributed by atoms with van der Waals surface area (Å²) in [6.45, 7) is -1.64. The van der Waals surface area contributed by atoms with Gasteiger partial charge in [0.15, 0.2) is 11.4 Å². The number of hydrogen-bond donors (Lipinski definition) is 1. The second-order valence-electron chi connectivity index (χ2n) is 4.28. The summed E-state index contributed by atoms with van der Waals surface area (Å²) in [4.78, 5) is 0. The van der Waals surface area contributed by atoms with Crippen LogP contribution in [0, 0.1) is 5.82 Å². The second kappa shape index (κ2) is 5.80. The number of aliphatic hydroxyl groups excluding tert-OH is 1. The zero-order valence-electron chi connectivity index (χ0n) is 10.3. The van der Waals surface area contributed by atoms with E-state index in [1.54, 1.807) is 6.07 Å². The van der Waals surface area contributed by atoms with Gasteiger partial charge in [-0.2, -0.15) is 13.2 Å². The molecule has 0 saturated carbocycles. The van der Waals surface area contributed by atoms with E-state index in [-0.39, 0.29) is 24.4 Å². The summed E-state index contributed by atoms with van der Waals surface area (Å²) in [6.07, 6.45) is -5.61. The van der Waals surface area contributed by atoms with Crippen LogP contribution in [0.2, 0.25) is 0 Å². The molecule has 1 aromatic heterocycles. The zero-order chi connectivity index (χ0) is 14.8. The van der Waals surface area contributed by atoms with Gasteiger partial charge in [0, 0.05) is 18.4 Å². The lowest BCUT2D eigenvalue weighted by molar-refractivity contribution is -0.175. The van der Waals surface area contributed by atoms with Gasteiger partial charge in [0.1, 0.15) is 18.5 Å². The monoisotopic (exact) mass is 292 g/mol. The van der Waals surface area contributed by atoms with Crippen molar-refractivity contribution in [1.82, 2.24) is 0 Å². The molecule has 0 fully saturated rings. The highest BCUT2D eigenvalue weighted by Gasteiger charge is 2.27. The lowest BCUT2D eigenvalue weighted by Gasteiger charge is -2.09. The number of alkyl halides is 3. The van der Waals surface area contributed by atoms with Crippen LogP contribution >= 0.6 is 0 Å². The predicted molar refractivity (Wildman–Crippen MR) is 62.6 cm³/mol. The van der Waals surface area contributed by atoms with Gasteiger partial charge < -0.3 is 14.3 Å². The quantitative estimate of drug-likeness (QED) is 0.676. The molecule has 0 bridgehead atoms. The van der Waals surface area contributed by atoms with E-state index >= 15 is 0 Å². The van der Waals surface area contributed by atoms with Gasteiger partial charge in [-0.1, -0.05) is 12.1 Å². The van der Waals surface area contributed by atoms with Crippen LogP contribution in [0.1, 0.15) is 18.3 Å². The van der Waals surface area contributed by atoms with Crippen LogP contribution in [0.3, 0.4) is 0 Å². The third-order valence-corrected chi connectivity index (χ3v) is 2.64.